The number of rotatable bonds is 5. The fourth-order valence-corrected chi connectivity index (χ4v) is 4.95. The minimum atomic E-state index is -3.65. The summed E-state index contributed by atoms with van der Waals surface area (Å²) in [4.78, 5) is 27.1. The number of hydrogen-bond donors (Lipinski definition) is 1. The van der Waals surface area contributed by atoms with Crippen LogP contribution in [0.3, 0.4) is 0 Å². The summed E-state index contributed by atoms with van der Waals surface area (Å²) >= 11 is 0. The van der Waals surface area contributed by atoms with Gasteiger partial charge >= 0.3 is 0 Å². The van der Waals surface area contributed by atoms with Crippen LogP contribution in [0.4, 0.5) is 0 Å². The van der Waals surface area contributed by atoms with E-state index in [0.717, 1.165) is 10.00 Å². The Hall–Kier alpha value is -1.98. The second-order valence-electron chi connectivity index (χ2n) is 6.93. The Morgan fingerprint density at radius 2 is 2.19 bits per heavy atom. The molecule has 0 aromatic carbocycles. The van der Waals surface area contributed by atoms with Crippen LogP contribution in [-0.2, 0) is 26.6 Å². The van der Waals surface area contributed by atoms with E-state index in [9.17, 15) is 18.0 Å². The SMILES string of the molecule is COCCN1C(=O)[C@@H]2C[C@H](NC(=O)c3cc(C)n(C)n3)CN2CCS1(=O)=O. The Labute approximate surface area is 158 Å². The number of hydrogen-bond acceptors (Lipinski definition) is 7. The normalized spacial score (nSPS) is 25.3. The molecule has 11 heteroatoms. The summed E-state index contributed by atoms with van der Waals surface area (Å²) in [6.07, 6.45) is 0.370. The van der Waals surface area contributed by atoms with E-state index >= 15 is 0 Å². The van der Waals surface area contributed by atoms with E-state index in [-0.39, 0.29) is 37.4 Å². The van der Waals surface area contributed by atoms with Crippen molar-refractivity contribution in [2.75, 3.05) is 39.1 Å². The number of aromatic nitrogens is 2. The van der Waals surface area contributed by atoms with Gasteiger partial charge in [-0.3, -0.25) is 19.2 Å². The molecule has 3 heterocycles. The van der Waals surface area contributed by atoms with Gasteiger partial charge in [0.1, 0.15) is 5.69 Å². The fourth-order valence-electron chi connectivity index (χ4n) is 3.51. The number of aryl methyl sites for hydroxylation is 2. The number of methoxy groups -OCH3 is 1. The van der Waals surface area contributed by atoms with Crippen molar-refractivity contribution in [1.82, 2.24) is 24.3 Å². The zero-order valence-electron chi connectivity index (χ0n) is 15.7. The van der Waals surface area contributed by atoms with E-state index in [1.165, 1.54) is 7.11 Å². The lowest BCUT2D eigenvalue weighted by molar-refractivity contribution is -0.131. The van der Waals surface area contributed by atoms with Crippen molar-refractivity contribution in [3.8, 4) is 0 Å². The highest BCUT2D eigenvalue weighted by Crippen LogP contribution is 2.24. The molecule has 0 unspecified atom stereocenters. The third kappa shape index (κ3) is 3.99. The van der Waals surface area contributed by atoms with Crippen LogP contribution in [0.25, 0.3) is 0 Å². The molecule has 0 aliphatic carbocycles. The van der Waals surface area contributed by atoms with Gasteiger partial charge in [0.2, 0.25) is 10.0 Å². The highest BCUT2D eigenvalue weighted by Gasteiger charge is 2.45. The van der Waals surface area contributed by atoms with E-state index in [4.69, 9.17) is 4.74 Å². The van der Waals surface area contributed by atoms with Crippen molar-refractivity contribution < 1.29 is 22.7 Å². The molecule has 27 heavy (non-hydrogen) atoms. The van der Waals surface area contributed by atoms with Gasteiger partial charge < -0.3 is 10.1 Å². The highest BCUT2D eigenvalue weighted by atomic mass is 32.2. The van der Waals surface area contributed by atoms with E-state index < -0.39 is 22.0 Å². The summed E-state index contributed by atoms with van der Waals surface area (Å²) in [5, 5.41) is 7.07. The summed E-state index contributed by atoms with van der Waals surface area (Å²) < 4.78 is 32.2. The molecule has 0 bridgehead atoms. The van der Waals surface area contributed by atoms with Gasteiger partial charge in [0.05, 0.1) is 24.9 Å². The first-order valence-corrected chi connectivity index (χ1v) is 10.4. The Bertz CT molecular complexity index is 817. The number of nitrogens with one attached hydrogen (secondary N) is 1. The third-order valence-corrected chi connectivity index (χ3v) is 6.82. The van der Waals surface area contributed by atoms with Gasteiger partial charge in [0.25, 0.3) is 11.8 Å². The molecule has 0 saturated carbocycles. The summed E-state index contributed by atoms with van der Waals surface area (Å²) in [6.45, 7) is 2.71. The maximum atomic E-state index is 12.8. The maximum absolute atomic E-state index is 12.8. The lowest BCUT2D eigenvalue weighted by atomic mass is 10.1. The summed E-state index contributed by atoms with van der Waals surface area (Å²) in [5.74, 6) is -0.869. The number of ether oxygens (including phenoxy) is 1. The molecule has 1 aromatic rings. The molecule has 0 radical (unpaired) electrons. The Balaban J connectivity index is 1.70. The lowest BCUT2D eigenvalue weighted by Gasteiger charge is -2.23. The van der Waals surface area contributed by atoms with Gasteiger partial charge in [0, 0.05) is 39.0 Å². The van der Waals surface area contributed by atoms with Crippen molar-refractivity contribution in [2.24, 2.45) is 7.05 Å². The molecular formula is C16H25N5O5S. The van der Waals surface area contributed by atoms with Crippen molar-refractivity contribution in [3.63, 3.8) is 0 Å². The molecule has 2 aliphatic heterocycles. The van der Waals surface area contributed by atoms with E-state index in [2.05, 4.69) is 10.4 Å². The first-order chi connectivity index (χ1) is 12.7. The molecule has 2 aliphatic rings. The van der Waals surface area contributed by atoms with Crippen LogP contribution in [0, 0.1) is 6.92 Å². The Morgan fingerprint density at radius 1 is 1.44 bits per heavy atom. The van der Waals surface area contributed by atoms with Gasteiger partial charge in [-0.2, -0.15) is 5.10 Å². The minimum absolute atomic E-state index is 0.00620. The smallest absolute Gasteiger partial charge is 0.272 e. The Kier molecular flexibility index (Phi) is 5.54. The molecular weight excluding hydrogens is 374 g/mol. The molecule has 2 atom stereocenters. The standard InChI is InChI=1S/C16H25N5O5S/c1-11-8-13(18-19(11)2)15(22)17-12-9-14-16(23)21(4-6-26-3)27(24,25)7-5-20(14)10-12/h8,12,14H,4-7,9-10H2,1-3H3,(H,17,22)/t12-,14-/m0/s1. The number of fused-ring (bicyclic) bond motifs is 1. The summed E-state index contributed by atoms with van der Waals surface area (Å²) in [6, 6.07) is 0.904. The lowest BCUT2D eigenvalue weighted by Crippen LogP contribution is -2.45. The predicted molar refractivity (Wildman–Crippen MR) is 96.6 cm³/mol. The predicted octanol–water partition coefficient (Wildman–Crippen LogP) is -1.28. The molecule has 1 aromatic heterocycles. The van der Waals surface area contributed by atoms with Crippen molar-refractivity contribution >= 4 is 21.8 Å². The first kappa shape index (κ1) is 19.8. The molecule has 2 fully saturated rings. The number of nitrogens with zero attached hydrogens (tertiary/aromatic N) is 4. The van der Waals surface area contributed by atoms with E-state index in [0.29, 0.717) is 18.7 Å². The van der Waals surface area contributed by atoms with E-state index in [1.54, 1.807) is 17.8 Å². The fraction of sp³-hybridized carbons (Fsp3) is 0.688. The van der Waals surface area contributed by atoms with Crippen molar-refractivity contribution in [2.45, 2.75) is 25.4 Å². The van der Waals surface area contributed by atoms with E-state index in [1.807, 2.05) is 11.8 Å². The number of carbonyl (C=O) groups excluding carboxylic acids is 2. The number of sulfonamides is 1. The second kappa shape index (κ2) is 7.56. The summed E-state index contributed by atoms with van der Waals surface area (Å²) in [7, 11) is -0.424. The first-order valence-electron chi connectivity index (χ1n) is 8.81. The van der Waals surface area contributed by atoms with Crippen LogP contribution in [0.15, 0.2) is 6.07 Å². The van der Waals surface area contributed by atoms with Crippen LogP contribution < -0.4 is 5.32 Å². The monoisotopic (exact) mass is 399 g/mol. The highest BCUT2D eigenvalue weighted by molar-refractivity contribution is 7.89. The molecule has 3 rings (SSSR count). The van der Waals surface area contributed by atoms with Gasteiger partial charge in [-0.05, 0) is 19.4 Å². The summed E-state index contributed by atoms with van der Waals surface area (Å²) in [5.41, 5.74) is 1.20. The van der Waals surface area contributed by atoms with Gasteiger partial charge in [-0.15, -0.1) is 0 Å². The average molecular weight is 399 g/mol. The third-order valence-electron chi connectivity index (χ3n) is 5.09. The average Bonchev–Trinajstić information content (AvgIpc) is 3.14. The van der Waals surface area contributed by atoms with Crippen molar-refractivity contribution in [3.05, 3.63) is 17.5 Å². The number of amides is 2. The molecule has 1 N–H and O–H groups in total. The minimum Gasteiger partial charge on any atom is -0.383 e. The molecule has 2 amide bonds. The van der Waals surface area contributed by atoms with Crippen LogP contribution >= 0.6 is 0 Å². The molecule has 2 saturated heterocycles. The molecule has 150 valence electrons. The second-order valence-corrected chi connectivity index (χ2v) is 8.94. The maximum Gasteiger partial charge on any atom is 0.272 e. The van der Waals surface area contributed by atoms with Crippen LogP contribution in [-0.4, -0.2) is 90.4 Å². The van der Waals surface area contributed by atoms with Gasteiger partial charge in [0.15, 0.2) is 0 Å². The van der Waals surface area contributed by atoms with Crippen molar-refractivity contribution in [1.29, 1.82) is 0 Å². The zero-order chi connectivity index (χ0) is 19.8. The largest absolute Gasteiger partial charge is 0.383 e. The quantitative estimate of drug-likeness (QED) is 0.656. The van der Waals surface area contributed by atoms with Crippen LogP contribution in [0.1, 0.15) is 22.6 Å². The Morgan fingerprint density at radius 3 is 2.81 bits per heavy atom. The molecule has 0 spiro atoms. The van der Waals surface area contributed by atoms with Crippen LogP contribution in [0.2, 0.25) is 0 Å². The van der Waals surface area contributed by atoms with Gasteiger partial charge in [-0.25, -0.2) is 12.7 Å². The topological polar surface area (TPSA) is 114 Å². The van der Waals surface area contributed by atoms with Gasteiger partial charge in [-0.1, -0.05) is 0 Å². The number of carbonyl (C=O) groups is 2. The zero-order valence-corrected chi connectivity index (χ0v) is 16.5. The van der Waals surface area contributed by atoms with Crippen LogP contribution in [0.5, 0.6) is 0 Å². The molecule has 10 nitrogen and oxygen atoms in total.